The second-order valence-corrected chi connectivity index (χ2v) is 8.94. The van der Waals surface area contributed by atoms with Crippen molar-refractivity contribution in [1.29, 1.82) is 0 Å². The molecule has 0 unspecified atom stereocenters. The van der Waals surface area contributed by atoms with E-state index in [4.69, 9.17) is 0 Å². The van der Waals surface area contributed by atoms with Gasteiger partial charge >= 0.3 is 5.97 Å². The molecule has 9 heteroatoms. The molecule has 2 heterocycles. The first kappa shape index (κ1) is 18.8. The first-order valence-corrected chi connectivity index (χ1v) is 10.7. The van der Waals surface area contributed by atoms with Crippen molar-refractivity contribution in [3.05, 3.63) is 47.7 Å². The summed E-state index contributed by atoms with van der Waals surface area (Å²) in [7, 11) is -2.32. The quantitative estimate of drug-likeness (QED) is 0.702. The fraction of sp³-hybridized carbons (Fsp3) is 0.421. The third kappa shape index (κ3) is 3.72. The van der Waals surface area contributed by atoms with Crippen LogP contribution in [0.25, 0.3) is 0 Å². The molecule has 1 saturated carbocycles. The molecular weight excluding hydrogens is 380 g/mol. The number of carbonyl (C=O) groups is 1. The van der Waals surface area contributed by atoms with Gasteiger partial charge in [0, 0.05) is 32.1 Å². The Balaban J connectivity index is 1.41. The van der Waals surface area contributed by atoms with Gasteiger partial charge in [0.1, 0.15) is 0 Å². The van der Waals surface area contributed by atoms with Gasteiger partial charge in [-0.3, -0.25) is 0 Å². The number of piperazine rings is 1. The number of sulfonamides is 1. The highest BCUT2D eigenvalue weighted by Crippen LogP contribution is 2.38. The Morgan fingerprint density at radius 3 is 2.21 bits per heavy atom. The van der Waals surface area contributed by atoms with Gasteiger partial charge in [0.15, 0.2) is 5.82 Å². The van der Waals surface area contributed by atoms with E-state index in [2.05, 4.69) is 19.8 Å². The summed E-state index contributed by atoms with van der Waals surface area (Å²) in [5.74, 6) is 0.851. The van der Waals surface area contributed by atoms with Gasteiger partial charge in [-0.05, 0) is 49.2 Å². The Labute approximate surface area is 164 Å². The fourth-order valence-corrected chi connectivity index (χ4v) is 4.71. The van der Waals surface area contributed by atoms with Crippen molar-refractivity contribution in [2.24, 2.45) is 0 Å². The molecule has 0 bridgehead atoms. The fourth-order valence-electron chi connectivity index (χ4n) is 3.29. The lowest BCUT2D eigenvalue weighted by Gasteiger charge is -2.34. The van der Waals surface area contributed by atoms with E-state index in [0.717, 1.165) is 11.5 Å². The Hall–Kier alpha value is -2.52. The van der Waals surface area contributed by atoms with Crippen LogP contribution in [-0.4, -0.2) is 62.2 Å². The van der Waals surface area contributed by atoms with E-state index < -0.39 is 16.0 Å². The Morgan fingerprint density at radius 1 is 1.00 bits per heavy atom. The number of nitrogens with zero attached hydrogens (tertiary/aromatic N) is 4. The number of methoxy groups -OCH3 is 1. The average molecular weight is 402 g/mol. The number of hydrogen-bond donors (Lipinski definition) is 0. The van der Waals surface area contributed by atoms with Crippen LogP contribution >= 0.6 is 0 Å². The van der Waals surface area contributed by atoms with Crippen LogP contribution in [0.1, 0.15) is 34.8 Å². The zero-order chi connectivity index (χ0) is 19.7. The highest BCUT2D eigenvalue weighted by molar-refractivity contribution is 7.89. The molecule has 0 radical (unpaired) electrons. The van der Waals surface area contributed by atoms with Gasteiger partial charge in [0.25, 0.3) is 0 Å². The molecule has 0 N–H and O–H groups in total. The number of anilines is 1. The van der Waals surface area contributed by atoms with Crippen LogP contribution in [0.2, 0.25) is 0 Å². The monoisotopic (exact) mass is 402 g/mol. The number of benzene rings is 1. The zero-order valence-electron chi connectivity index (χ0n) is 15.6. The van der Waals surface area contributed by atoms with Crippen molar-refractivity contribution in [3.63, 3.8) is 0 Å². The van der Waals surface area contributed by atoms with Gasteiger partial charge < -0.3 is 9.64 Å². The number of rotatable bonds is 5. The standard InChI is InChI=1S/C19H22N4O4S/c1-27-19(24)15-4-6-16(7-5-15)28(25,26)23-12-10-22(11-13-23)18-9-8-17(20-21-18)14-2-3-14/h4-9,14H,2-3,10-13H2,1H3. The minimum atomic E-state index is -3.61. The lowest BCUT2D eigenvalue weighted by atomic mass is 10.2. The summed E-state index contributed by atoms with van der Waals surface area (Å²) >= 11 is 0. The van der Waals surface area contributed by atoms with E-state index in [9.17, 15) is 13.2 Å². The van der Waals surface area contributed by atoms with Crippen molar-refractivity contribution in [2.45, 2.75) is 23.7 Å². The van der Waals surface area contributed by atoms with E-state index in [-0.39, 0.29) is 4.90 Å². The van der Waals surface area contributed by atoms with E-state index >= 15 is 0 Å². The third-order valence-electron chi connectivity index (χ3n) is 5.14. The van der Waals surface area contributed by atoms with Gasteiger partial charge in [-0.15, -0.1) is 5.10 Å². The number of esters is 1. The summed E-state index contributed by atoms with van der Waals surface area (Å²) in [6.07, 6.45) is 2.37. The molecule has 1 aromatic carbocycles. The molecule has 2 aliphatic rings. The maximum Gasteiger partial charge on any atom is 0.337 e. The highest BCUT2D eigenvalue weighted by atomic mass is 32.2. The zero-order valence-corrected chi connectivity index (χ0v) is 16.4. The van der Waals surface area contributed by atoms with Crippen molar-refractivity contribution in [2.75, 3.05) is 38.2 Å². The molecule has 2 aromatic rings. The predicted octanol–water partition coefficient (Wildman–Crippen LogP) is 1.65. The topological polar surface area (TPSA) is 92.7 Å². The third-order valence-corrected chi connectivity index (χ3v) is 7.06. The molecule has 4 rings (SSSR count). The van der Waals surface area contributed by atoms with E-state index in [0.29, 0.717) is 37.7 Å². The summed E-state index contributed by atoms with van der Waals surface area (Å²) in [4.78, 5) is 13.7. The van der Waals surface area contributed by atoms with E-state index in [1.165, 1.54) is 48.5 Å². The Morgan fingerprint density at radius 2 is 1.68 bits per heavy atom. The summed E-state index contributed by atoms with van der Waals surface area (Å²) in [6, 6.07) is 9.80. The van der Waals surface area contributed by atoms with Crippen molar-refractivity contribution >= 4 is 21.8 Å². The molecule has 0 spiro atoms. The number of ether oxygens (including phenoxy) is 1. The predicted molar refractivity (Wildman–Crippen MR) is 103 cm³/mol. The van der Waals surface area contributed by atoms with Crippen LogP contribution in [0.3, 0.4) is 0 Å². The van der Waals surface area contributed by atoms with Crippen molar-refractivity contribution in [3.8, 4) is 0 Å². The SMILES string of the molecule is COC(=O)c1ccc(S(=O)(=O)N2CCN(c3ccc(C4CC4)nn3)CC2)cc1. The lowest BCUT2D eigenvalue weighted by molar-refractivity contribution is 0.0600. The molecule has 8 nitrogen and oxygen atoms in total. The summed E-state index contributed by atoms with van der Waals surface area (Å²) in [6.45, 7) is 1.84. The molecule has 1 aliphatic carbocycles. The largest absolute Gasteiger partial charge is 0.465 e. The maximum absolute atomic E-state index is 12.9. The van der Waals surface area contributed by atoms with Crippen LogP contribution in [0.15, 0.2) is 41.3 Å². The second kappa shape index (κ2) is 7.48. The van der Waals surface area contributed by atoms with Crippen LogP contribution in [0.4, 0.5) is 5.82 Å². The molecule has 2 fully saturated rings. The average Bonchev–Trinajstić information content (AvgIpc) is 3.59. The first-order chi connectivity index (χ1) is 13.5. The van der Waals surface area contributed by atoms with Crippen LogP contribution in [0.5, 0.6) is 0 Å². The molecule has 28 heavy (non-hydrogen) atoms. The highest BCUT2D eigenvalue weighted by Gasteiger charge is 2.30. The Bertz CT molecular complexity index is 948. The van der Waals surface area contributed by atoms with E-state index in [1.807, 2.05) is 12.1 Å². The second-order valence-electron chi connectivity index (χ2n) is 7.00. The number of carbonyl (C=O) groups excluding carboxylic acids is 1. The molecule has 1 aromatic heterocycles. The van der Waals surface area contributed by atoms with Crippen molar-refractivity contribution in [1.82, 2.24) is 14.5 Å². The van der Waals surface area contributed by atoms with Crippen molar-refractivity contribution < 1.29 is 17.9 Å². The minimum absolute atomic E-state index is 0.169. The van der Waals surface area contributed by atoms with Crippen LogP contribution < -0.4 is 4.90 Å². The Kier molecular flexibility index (Phi) is 5.03. The van der Waals surface area contributed by atoms with Gasteiger partial charge in [-0.2, -0.15) is 9.40 Å². The lowest BCUT2D eigenvalue weighted by Crippen LogP contribution is -2.49. The summed E-state index contributed by atoms with van der Waals surface area (Å²) in [5.41, 5.74) is 1.36. The van der Waals surface area contributed by atoms with Crippen LogP contribution in [-0.2, 0) is 14.8 Å². The van der Waals surface area contributed by atoms with Gasteiger partial charge in [-0.25, -0.2) is 13.2 Å². The molecular formula is C19H22N4O4S. The molecule has 1 aliphatic heterocycles. The molecule has 148 valence electrons. The maximum atomic E-state index is 12.9. The normalized spacial score (nSPS) is 18.1. The summed E-state index contributed by atoms with van der Waals surface area (Å²) in [5, 5.41) is 8.61. The molecule has 0 atom stereocenters. The first-order valence-electron chi connectivity index (χ1n) is 9.26. The van der Waals surface area contributed by atoms with Crippen LogP contribution in [0, 0.1) is 0 Å². The van der Waals surface area contributed by atoms with Gasteiger partial charge in [-0.1, -0.05) is 0 Å². The minimum Gasteiger partial charge on any atom is -0.465 e. The van der Waals surface area contributed by atoms with Gasteiger partial charge in [0.05, 0.1) is 23.3 Å². The summed E-state index contributed by atoms with van der Waals surface area (Å²) < 4.78 is 31.8. The smallest absolute Gasteiger partial charge is 0.337 e. The van der Waals surface area contributed by atoms with Gasteiger partial charge in [0.2, 0.25) is 10.0 Å². The van der Waals surface area contributed by atoms with E-state index in [1.54, 1.807) is 0 Å². The number of aromatic nitrogens is 2. The number of hydrogen-bond acceptors (Lipinski definition) is 7. The molecule has 1 saturated heterocycles. The molecule has 0 amide bonds.